The van der Waals surface area contributed by atoms with Gasteiger partial charge in [0.05, 0.1) is 10.5 Å². The molecule has 0 unspecified atom stereocenters. The summed E-state index contributed by atoms with van der Waals surface area (Å²) in [6.07, 6.45) is 0. The van der Waals surface area contributed by atoms with Gasteiger partial charge < -0.3 is 5.11 Å². The zero-order chi connectivity index (χ0) is 15.6. The van der Waals surface area contributed by atoms with Gasteiger partial charge in [0.25, 0.3) is 10.0 Å². The standard InChI is InChI=1S/C13H11ClN2O4S/c1-8-5-6-9(7-10(8)13(17)18)21(19,20)16-12-4-2-3-11(14)15-12/h2-7H,1H3,(H,15,16)(H,17,18). The van der Waals surface area contributed by atoms with Gasteiger partial charge in [0.15, 0.2) is 0 Å². The number of pyridine rings is 1. The number of sulfonamides is 1. The molecule has 110 valence electrons. The number of nitrogens with zero attached hydrogens (tertiary/aromatic N) is 1. The third-order valence-corrected chi connectivity index (χ3v) is 4.27. The van der Waals surface area contributed by atoms with Crippen LogP contribution in [0.2, 0.25) is 5.15 Å². The number of halogens is 1. The monoisotopic (exact) mass is 326 g/mol. The van der Waals surface area contributed by atoms with Crippen molar-refractivity contribution in [2.24, 2.45) is 0 Å². The highest BCUT2D eigenvalue weighted by Crippen LogP contribution is 2.19. The average Bonchev–Trinajstić information content (AvgIpc) is 2.38. The third kappa shape index (κ3) is 3.50. The summed E-state index contributed by atoms with van der Waals surface area (Å²) < 4.78 is 26.7. The minimum atomic E-state index is -3.94. The van der Waals surface area contributed by atoms with Crippen LogP contribution in [0.5, 0.6) is 0 Å². The molecule has 6 nitrogen and oxygen atoms in total. The fraction of sp³-hybridized carbons (Fsp3) is 0.0769. The van der Waals surface area contributed by atoms with E-state index in [1.807, 2.05) is 0 Å². The molecule has 0 aliphatic rings. The van der Waals surface area contributed by atoms with E-state index in [0.29, 0.717) is 5.56 Å². The maximum Gasteiger partial charge on any atom is 0.335 e. The van der Waals surface area contributed by atoms with Crippen LogP contribution < -0.4 is 4.72 Å². The lowest BCUT2D eigenvalue weighted by Gasteiger charge is -2.09. The Labute approximate surface area is 126 Å². The molecule has 0 saturated carbocycles. The minimum Gasteiger partial charge on any atom is -0.478 e. The lowest BCUT2D eigenvalue weighted by atomic mass is 10.1. The van der Waals surface area contributed by atoms with E-state index in [9.17, 15) is 13.2 Å². The zero-order valence-corrected chi connectivity index (χ0v) is 12.4. The van der Waals surface area contributed by atoms with Crippen molar-refractivity contribution in [3.05, 3.63) is 52.7 Å². The highest BCUT2D eigenvalue weighted by Gasteiger charge is 2.18. The zero-order valence-electron chi connectivity index (χ0n) is 10.9. The number of carboxylic acids is 1. The molecule has 2 rings (SSSR count). The van der Waals surface area contributed by atoms with E-state index in [1.165, 1.54) is 24.3 Å². The maximum absolute atomic E-state index is 12.2. The Bertz CT molecular complexity index is 806. The Morgan fingerprint density at radius 1 is 1.29 bits per heavy atom. The van der Waals surface area contributed by atoms with Crippen molar-refractivity contribution in [2.75, 3.05) is 4.72 Å². The molecule has 0 bridgehead atoms. The first-order chi connectivity index (χ1) is 9.79. The van der Waals surface area contributed by atoms with E-state index in [0.717, 1.165) is 6.07 Å². The minimum absolute atomic E-state index is 0.0555. The van der Waals surface area contributed by atoms with Gasteiger partial charge in [0, 0.05) is 0 Å². The Balaban J connectivity index is 2.40. The predicted molar refractivity (Wildman–Crippen MR) is 78.2 cm³/mol. The summed E-state index contributed by atoms with van der Waals surface area (Å²) in [5.41, 5.74) is 0.402. The number of anilines is 1. The summed E-state index contributed by atoms with van der Waals surface area (Å²) in [4.78, 5) is 14.7. The van der Waals surface area contributed by atoms with Crippen molar-refractivity contribution in [1.29, 1.82) is 0 Å². The number of aromatic carboxylic acids is 1. The first-order valence-corrected chi connectivity index (χ1v) is 7.65. The van der Waals surface area contributed by atoms with Crippen LogP contribution in [0, 0.1) is 6.92 Å². The second-order valence-corrected chi connectivity index (χ2v) is 6.30. The Hall–Kier alpha value is -2.12. The van der Waals surface area contributed by atoms with E-state index in [-0.39, 0.29) is 21.4 Å². The van der Waals surface area contributed by atoms with Gasteiger partial charge >= 0.3 is 5.97 Å². The molecule has 2 N–H and O–H groups in total. The molecule has 0 aliphatic heterocycles. The molecule has 21 heavy (non-hydrogen) atoms. The van der Waals surface area contributed by atoms with Crippen molar-refractivity contribution < 1.29 is 18.3 Å². The van der Waals surface area contributed by atoms with Gasteiger partial charge in [0.1, 0.15) is 11.0 Å². The van der Waals surface area contributed by atoms with E-state index < -0.39 is 16.0 Å². The smallest absolute Gasteiger partial charge is 0.335 e. The van der Waals surface area contributed by atoms with E-state index in [1.54, 1.807) is 13.0 Å². The topological polar surface area (TPSA) is 96.4 Å². The van der Waals surface area contributed by atoms with Gasteiger partial charge in [-0.1, -0.05) is 23.7 Å². The first-order valence-electron chi connectivity index (χ1n) is 5.79. The number of carbonyl (C=O) groups is 1. The molecule has 0 fully saturated rings. The van der Waals surface area contributed by atoms with Crippen LogP contribution >= 0.6 is 11.6 Å². The van der Waals surface area contributed by atoms with Crippen LogP contribution in [-0.4, -0.2) is 24.5 Å². The number of carboxylic acid groups (broad SMARTS) is 1. The Morgan fingerprint density at radius 2 is 2.00 bits per heavy atom. The number of aryl methyl sites for hydroxylation is 1. The highest BCUT2D eigenvalue weighted by molar-refractivity contribution is 7.92. The summed E-state index contributed by atoms with van der Waals surface area (Å²) in [6.45, 7) is 1.59. The van der Waals surface area contributed by atoms with E-state index in [4.69, 9.17) is 16.7 Å². The first kappa shape index (κ1) is 15.3. The number of benzene rings is 1. The normalized spacial score (nSPS) is 11.1. The molecular formula is C13H11ClN2O4S. The molecular weight excluding hydrogens is 316 g/mol. The number of hydrogen-bond acceptors (Lipinski definition) is 4. The fourth-order valence-corrected chi connectivity index (χ4v) is 2.85. The van der Waals surface area contributed by atoms with Crippen molar-refractivity contribution in [3.63, 3.8) is 0 Å². The lowest BCUT2D eigenvalue weighted by molar-refractivity contribution is 0.0696. The number of nitrogens with one attached hydrogen (secondary N) is 1. The lowest BCUT2D eigenvalue weighted by Crippen LogP contribution is -2.15. The summed E-state index contributed by atoms with van der Waals surface area (Å²) >= 11 is 5.68. The van der Waals surface area contributed by atoms with Crippen molar-refractivity contribution in [3.8, 4) is 0 Å². The Morgan fingerprint density at radius 3 is 2.62 bits per heavy atom. The second kappa shape index (κ2) is 5.71. The van der Waals surface area contributed by atoms with Crippen molar-refractivity contribution in [2.45, 2.75) is 11.8 Å². The van der Waals surface area contributed by atoms with Crippen LogP contribution in [0.1, 0.15) is 15.9 Å². The summed E-state index contributed by atoms with van der Waals surface area (Å²) in [7, 11) is -3.94. The quantitative estimate of drug-likeness (QED) is 0.842. The van der Waals surface area contributed by atoms with Crippen LogP contribution in [0.15, 0.2) is 41.3 Å². The van der Waals surface area contributed by atoms with Crippen LogP contribution in [0.25, 0.3) is 0 Å². The van der Waals surface area contributed by atoms with Crippen LogP contribution in [0.3, 0.4) is 0 Å². The van der Waals surface area contributed by atoms with Crippen LogP contribution in [-0.2, 0) is 10.0 Å². The van der Waals surface area contributed by atoms with Gasteiger partial charge in [-0.3, -0.25) is 4.72 Å². The van der Waals surface area contributed by atoms with Gasteiger partial charge in [-0.25, -0.2) is 18.2 Å². The molecule has 1 heterocycles. The SMILES string of the molecule is Cc1ccc(S(=O)(=O)Nc2cccc(Cl)n2)cc1C(=O)O. The molecule has 8 heteroatoms. The van der Waals surface area contributed by atoms with E-state index >= 15 is 0 Å². The molecule has 0 aliphatic carbocycles. The van der Waals surface area contributed by atoms with Gasteiger partial charge in [-0.15, -0.1) is 0 Å². The number of rotatable bonds is 4. The number of hydrogen-bond donors (Lipinski definition) is 2. The molecule has 0 atom stereocenters. The fourth-order valence-electron chi connectivity index (χ4n) is 1.66. The molecule has 0 spiro atoms. The highest BCUT2D eigenvalue weighted by atomic mass is 35.5. The summed E-state index contributed by atoms with van der Waals surface area (Å²) in [5, 5.41) is 9.18. The molecule has 0 saturated heterocycles. The molecule has 0 amide bonds. The summed E-state index contributed by atoms with van der Waals surface area (Å²) in [5.74, 6) is -1.13. The average molecular weight is 327 g/mol. The molecule has 0 radical (unpaired) electrons. The number of aromatic nitrogens is 1. The molecule has 1 aromatic carbocycles. The van der Waals surface area contributed by atoms with Gasteiger partial charge in [0.2, 0.25) is 0 Å². The van der Waals surface area contributed by atoms with Crippen molar-refractivity contribution in [1.82, 2.24) is 4.98 Å². The summed E-state index contributed by atoms with van der Waals surface area (Å²) in [6, 6.07) is 8.36. The maximum atomic E-state index is 12.2. The van der Waals surface area contributed by atoms with Crippen molar-refractivity contribution >= 4 is 33.4 Å². The third-order valence-electron chi connectivity index (χ3n) is 2.70. The largest absolute Gasteiger partial charge is 0.478 e. The molecule has 2 aromatic rings. The van der Waals surface area contributed by atoms with E-state index in [2.05, 4.69) is 9.71 Å². The van der Waals surface area contributed by atoms with Gasteiger partial charge in [-0.05, 0) is 36.8 Å². The molecule has 1 aromatic heterocycles. The van der Waals surface area contributed by atoms with Gasteiger partial charge in [-0.2, -0.15) is 0 Å². The predicted octanol–water partition coefficient (Wildman–Crippen LogP) is 2.54. The second-order valence-electron chi connectivity index (χ2n) is 4.23. The Kier molecular flexibility index (Phi) is 4.15. The van der Waals surface area contributed by atoms with Crippen LogP contribution in [0.4, 0.5) is 5.82 Å².